The Bertz CT molecular complexity index is 177. The molecular formula is C8H12O2. The molecule has 10 heavy (non-hydrogen) atoms. The van der Waals surface area contributed by atoms with E-state index in [0.29, 0.717) is 0 Å². The molecule has 0 aromatic carbocycles. The number of hydrogen-bond donors (Lipinski definition) is 1. The number of rotatable bonds is 1. The molecule has 1 N–H and O–H groups in total. The lowest BCUT2D eigenvalue weighted by Crippen LogP contribution is -2.09. The Morgan fingerprint density at radius 1 is 1.70 bits per heavy atom. The van der Waals surface area contributed by atoms with Crippen LogP contribution in [-0.4, -0.2) is 23.4 Å². The zero-order valence-electron chi connectivity index (χ0n) is 6.35. The van der Waals surface area contributed by atoms with Gasteiger partial charge < -0.3 is 9.84 Å². The minimum atomic E-state index is -0.342. The van der Waals surface area contributed by atoms with Gasteiger partial charge in [0.25, 0.3) is 0 Å². The largest absolute Gasteiger partial charge is 0.394 e. The highest BCUT2D eigenvalue weighted by Crippen LogP contribution is 2.34. The van der Waals surface area contributed by atoms with Crippen molar-refractivity contribution >= 4 is 0 Å². The van der Waals surface area contributed by atoms with Gasteiger partial charge in [0.2, 0.25) is 0 Å². The second-order valence-electron chi connectivity index (χ2n) is 2.55. The summed E-state index contributed by atoms with van der Waals surface area (Å²) in [6.45, 7) is 3.97. The molecule has 56 valence electrons. The van der Waals surface area contributed by atoms with Crippen LogP contribution < -0.4 is 0 Å². The zero-order chi connectivity index (χ0) is 7.61. The third-order valence-corrected chi connectivity index (χ3v) is 1.62. The van der Waals surface area contributed by atoms with E-state index in [2.05, 4.69) is 11.8 Å². The van der Waals surface area contributed by atoms with Crippen molar-refractivity contribution in [3.63, 3.8) is 0 Å². The third-order valence-electron chi connectivity index (χ3n) is 1.62. The van der Waals surface area contributed by atoms with Crippen molar-refractivity contribution in [2.45, 2.75) is 32.0 Å². The molecule has 0 amide bonds. The minimum Gasteiger partial charge on any atom is -0.394 e. The lowest BCUT2D eigenvalue weighted by atomic mass is 10.1. The molecule has 1 aliphatic rings. The molecule has 1 rings (SSSR count). The van der Waals surface area contributed by atoms with E-state index in [1.807, 2.05) is 13.8 Å². The second-order valence-corrected chi connectivity index (χ2v) is 2.55. The van der Waals surface area contributed by atoms with Gasteiger partial charge in [0.1, 0.15) is 6.10 Å². The van der Waals surface area contributed by atoms with Gasteiger partial charge in [0.05, 0.1) is 6.61 Å². The molecule has 0 aromatic rings. The summed E-state index contributed by atoms with van der Waals surface area (Å²) in [5.41, 5.74) is -0.342. The number of hydrogen-bond acceptors (Lipinski definition) is 2. The maximum Gasteiger partial charge on any atom is 0.154 e. The van der Waals surface area contributed by atoms with E-state index in [4.69, 9.17) is 9.84 Å². The van der Waals surface area contributed by atoms with Gasteiger partial charge in [-0.2, -0.15) is 0 Å². The topological polar surface area (TPSA) is 32.8 Å². The molecule has 0 spiro atoms. The van der Waals surface area contributed by atoms with Crippen molar-refractivity contribution < 1.29 is 9.84 Å². The quantitative estimate of drug-likeness (QED) is 0.426. The van der Waals surface area contributed by atoms with E-state index < -0.39 is 0 Å². The van der Waals surface area contributed by atoms with Crippen LogP contribution in [0, 0.1) is 11.8 Å². The molecule has 1 heterocycles. The number of aliphatic hydroxyl groups excluding tert-OH is 1. The van der Waals surface area contributed by atoms with Gasteiger partial charge in [-0.3, -0.25) is 0 Å². The van der Waals surface area contributed by atoms with Crippen molar-refractivity contribution in [2.75, 3.05) is 6.61 Å². The van der Waals surface area contributed by atoms with Crippen LogP contribution in [0.25, 0.3) is 0 Å². The molecule has 1 saturated heterocycles. The van der Waals surface area contributed by atoms with E-state index in [0.717, 1.165) is 6.42 Å². The van der Waals surface area contributed by atoms with Crippen molar-refractivity contribution in [1.82, 2.24) is 0 Å². The summed E-state index contributed by atoms with van der Waals surface area (Å²) in [5, 5.41) is 8.65. The van der Waals surface area contributed by atoms with Gasteiger partial charge in [-0.1, -0.05) is 12.8 Å². The fraction of sp³-hybridized carbons (Fsp3) is 0.750. The Kier molecular flexibility index (Phi) is 1.98. The first kappa shape index (κ1) is 7.59. The molecular weight excluding hydrogens is 128 g/mol. The maximum atomic E-state index is 8.65. The fourth-order valence-electron chi connectivity index (χ4n) is 0.847. The highest BCUT2D eigenvalue weighted by atomic mass is 16.6. The Morgan fingerprint density at radius 3 is 2.80 bits per heavy atom. The molecule has 0 saturated carbocycles. The summed E-state index contributed by atoms with van der Waals surface area (Å²) in [7, 11) is 0. The number of aliphatic hydroxyl groups is 1. The molecule has 1 fully saturated rings. The Morgan fingerprint density at radius 2 is 2.40 bits per heavy atom. The smallest absolute Gasteiger partial charge is 0.154 e. The zero-order valence-corrected chi connectivity index (χ0v) is 6.35. The van der Waals surface area contributed by atoms with Crippen LogP contribution in [-0.2, 0) is 4.74 Å². The Balaban J connectivity index is 2.43. The molecule has 0 bridgehead atoms. The van der Waals surface area contributed by atoms with Gasteiger partial charge in [-0.15, -0.1) is 5.92 Å². The molecule has 1 aliphatic heterocycles. The maximum absolute atomic E-state index is 8.65. The molecule has 2 atom stereocenters. The standard InChI is InChI=1S/C8H12O2/c1-3-4-5-8(2)7(6-9)10-8/h7,9H,3,6H2,1-2H3/t7-,8+/m0/s1. The average molecular weight is 140 g/mol. The Labute approximate surface area is 61.2 Å². The van der Waals surface area contributed by atoms with Gasteiger partial charge in [0.15, 0.2) is 5.60 Å². The summed E-state index contributed by atoms with van der Waals surface area (Å²) < 4.78 is 5.13. The second kappa shape index (κ2) is 2.61. The van der Waals surface area contributed by atoms with Crippen molar-refractivity contribution in [3.05, 3.63) is 0 Å². The first-order valence-corrected chi connectivity index (χ1v) is 3.51. The summed E-state index contributed by atoms with van der Waals surface area (Å²) in [4.78, 5) is 0. The molecule has 2 nitrogen and oxygen atoms in total. The van der Waals surface area contributed by atoms with Gasteiger partial charge in [-0.05, 0) is 6.92 Å². The summed E-state index contributed by atoms with van der Waals surface area (Å²) in [6, 6.07) is 0. The van der Waals surface area contributed by atoms with Crippen LogP contribution in [0.3, 0.4) is 0 Å². The van der Waals surface area contributed by atoms with E-state index in [-0.39, 0.29) is 18.3 Å². The van der Waals surface area contributed by atoms with E-state index in [1.54, 1.807) is 0 Å². The predicted octanol–water partition coefficient (Wildman–Crippen LogP) is 0.550. The van der Waals surface area contributed by atoms with Crippen LogP contribution >= 0.6 is 0 Å². The summed E-state index contributed by atoms with van der Waals surface area (Å²) in [6.07, 6.45) is 0.795. The number of epoxide rings is 1. The third kappa shape index (κ3) is 1.31. The average Bonchev–Trinajstić information content (AvgIpc) is 2.59. The highest BCUT2D eigenvalue weighted by molar-refractivity contribution is 5.23. The normalized spacial score (nSPS) is 36.5. The Hall–Kier alpha value is -0.520. The van der Waals surface area contributed by atoms with Gasteiger partial charge in [-0.25, -0.2) is 0 Å². The molecule has 2 heteroatoms. The molecule has 0 unspecified atom stereocenters. The first-order chi connectivity index (χ1) is 4.73. The summed E-state index contributed by atoms with van der Waals surface area (Å²) >= 11 is 0. The van der Waals surface area contributed by atoms with Crippen molar-refractivity contribution in [2.24, 2.45) is 0 Å². The van der Waals surface area contributed by atoms with E-state index in [9.17, 15) is 0 Å². The lowest BCUT2D eigenvalue weighted by molar-refractivity contribution is 0.240. The highest BCUT2D eigenvalue weighted by Gasteiger charge is 2.50. The predicted molar refractivity (Wildman–Crippen MR) is 38.4 cm³/mol. The number of ether oxygens (including phenoxy) is 1. The lowest BCUT2D eigenvalue weighted by Gasteiger charge is -1.89. The van der Waals surface area contributed by atoms with Crippen LogP contribution in [0.5, 0.6) is 0 Å². The van der Waals surface area contributed by atoms with Crippen LogP contribution in [0.4, 0.5) is 0 Å². The monoisotopic (exact) mass is 140 g/mol. The summed E-state index contributed by atoms with van der Waals surface area (Å²) in [5.74, 6) is 5.88. The molecule has 0 radical (unpaired) electrons. The van der Waals surface area contributed by atoms with Gasteiger partial charge in [0, 0.05) is 6.42 Å². The van der Waals surface area contributed by atoms with Gasteiger partial charge >= 0.3 is 0 Å². The van der Waals surface area contributed by atoms with Crippen molar-refractivity contribution in [3.8, 4) is 11.8 Å². The van der Waals surface area contributed by atoms with E-state index >= 15 is 0 Å². The van der Waals surface area contributed by atoms with Crippen LogP contribution in [0.1, 0.15) is 20.3 Å². The van der Waals surface area contributed by atoms with Crippen LogP contribution in [0.15, 0.2) is 0 Å². The van der Waals surface area contributed by atoms with Crippen LogP contribution in [0.2, 0.25) is 0 Å². The molecule has 0 aliphatic carbocycles. The van der Waals surface area contributed by atoms with E-state index in [1.165, 1.54) is 0 Å². The minimum absolute atomic E-state index is 0.0495. The SMILES string of the molecule is CCC#C[C@@]1(C)O[C@H]1CO. The van der Waals surface area contributed by atoms with Crippen molar-refractivity contribution in [1.29, 1.82) is 0 Å². The fourth-order valence-corrected chi connectivity index (χ4v) is 0.847. The first-order valence-electron chi connectivity index (χ1n) is 3.51. The molecule has 0 aromatic heterocycles.